The predicted molar refractivity (Wildman–Crippen MR) is 84.8 cm³/mol. The molecule has 2 aromatic heterocycles. The molecule has 0 unspecified atom stereocenters. The summed E-state index contributed by atoms with van der Waals surface area (Å²) in [4.78, 5) is 12.3. The second kappa shape index (κ2) is 5.49. The second-order valence-corrected chi connectivity index (χ2v) is 6.39. The number of aryl methyl sites for hydroxylation is 1. The van der Waals surface area contributed by atoms with E-state index in [0.29, 0.717) is 11.2 Å². The van der Waals surface area contributed by atoms with Crippen LogP contribution in [0, 0.1) is 0 Å². The molecule has 1 aromatic carbocycles. The molecular formula is C13H14N4OS2. The highest BCUT2D eigenvalue weighted by Crippen LogP contribution is 2.21. The van der Waals surface area contributed by atoms with Crippen molar-refractivity contribution in [1.29, 1.82) is 0 Å². The van der Waals surface area contributed by atoms with Crippen LogP contribution in [0.4, 0.5) is 0 Å². The van der Waals surface area contributed by atoms with Gasteiger partial charge in [0.05, 0.1) is 10.9 Å². The number of hydrogen-bond donors (Lipinski definition) is 0. The van der Waals surface area contributed by atoms with Crippen LogP contribution in [0.15, 0.2) is 34.2 Å². The Morgan fingerprint density at radius 2 is 2.00 bits per heavy atom. The van der Waals surface area contributed by atoms with Gasteiger partial charge in [0.25, 0.3) is 5.56 Å². The van der Waals surface area contributed by atoms with Gasteiger partial charge >= 0.3 is 0 Å². The van der Waals surface area contributed by atoms with Gasteiger partial charge in [-0.05, 0) is 18.4 Å². The average molecular weight is 306 g/mol. The summed E-state index contributed by atoms with van der Waals surface area (Å²) in [5.74, 6) is 2.61. The average Bonchev–Trinajstić information content (AvgIpc) is 2.89. The van der Waals surface area contributed by atoms with Gasteiger partial charge in [0, 0.05) is 18.6 Å². The highest BCUT2D eigenvalue weighted by atomic mass is 32.2. The summed E-state index contributed by atoms with van der Waals surface area (Å²) < 4.78 is 3.51. The minimum Gasteiger partial charge on any atom is -0.279 e. The maximum Gasteiger partial charge on any atom is 0.262 e. The first-order valence-electron chi connectivity index (χ1n) is 6.18. The molecule has 2 heterocycles. The van der Waals surface area contributed by atoms with Gasteiger partial charge < -0.3 is 0 Å². The van der Waals surface area contributed by atoms with Crippen LogP contribution in [0.25, 0.3) is 16.7 Å². The van der Waals surface area contributed by atoms with E-state index in [9.17, 15) is 4.79 Å². The fraction of sp³-hybridized carbons (Fsp3) is 0.308. The lowest BCUT2D eigenvalue weighted by Gasteiger charge is -2.07. The number of benzene rings is 1. The maximum absolute atomic E-state index is 12.3. The standard InChI is InChI=1S/C13H14N4OS2/c1-16-11(18)9-5-3-4-6-10(9)17-12(16)14-15-13(17)20-8-7-19-2/h3-6H,7-8H2,1-2H3. The van der Waals surface area contributed by atoms with E-state index in [1.165, 1.54) is 0 Å². The van der Waals surface area contributed by atoms with E-state index in [0.717, 1.165) is 22.2 Å². The van der Waals surface area contributed by atoms with Crippen LogP contribution in [-0.4, -0.2) is 36.9 Å². The van der Waals surface area contributed by atoms with Crippen molar-refractivity contribution in [2.24, 2.45) is 7.05 Å². The first kappa shape index (κ1) is 13.5. The smallest absolute Gasteiger partial charge is 0.262 e. The largest absolute Gasteiger partial charge is 0.279 e. The Morgan fingerprint density at radius 1 is 1.20 bits per heavy atom. The van der Waals surface area contributed by atoms with E-state index < -0.39 is 0 Å². The Morgan fingerprint density at radius 3 is 2.80 bits per heavy atom. The van der Waals surface area contributed by atoms with Gasteiger partial charge in [-0.2, -0.15) is 11.8 Å². The Kier molecular flexibility index (Phi) is 3.71. The van der Waals surface area contributed by atoms with Gasteiger partial charge in [-0.3, -0.25) is 13.8 Å². The molecule has 0 radical (unpaired) electrons. The summed E-state index contributed by atoms with van der Waals surface area (Å²) in [5, 5.41) is 9.91. The van der Waals surface area contributed by atoms with E-state index in [2.05, 4.69) is 16.5 Å². The molecule has 0 aliphatic rings. The maximum atomic E-state index is 12.3. The van der Waals surface area contributed by atoms with Crippen molar-refractivity contribution in [3.8, 4) is 0 Å². The third kappa shape index (κ3) is 2.10. The monoisotopic (exact) mass is 306 g/mol. The van der Waals surface area contributed by atoms with Gasteiger partial charge in [0.2, 0.25) is 5.78 Å². The molecule has 0 aliphatic carbocycles. The molecule has 0 saturated carbocycles. The first-order chi connectivity index (χ1) is 9.74. The molecular weight excluding hydrogens is 292 g/mol. The molecule has 3 aromatic rings. The molecule has 0 atom stereocenters. The number of thioether (sulfide) groups is 2. The van der Waals surface area contributed by atoms with Gasteiger partial charge in [-0.25, -0.2) is 0 Å². The van der Waals surface area contributed by atoms with E-state index in [4.69, 9.17) is 0 Å². The third-order valence-electron chi connectivity index (χ3n) is 3.11. The van der Waals surface area contributed by atoms with Crippen LogP contribution in [0.5, 0.6) is 0 Å². The number of aromatic nitrogens is 4. The second-order valence-electron chi connectivity index (χ2n) is 4.34. The van der Waals surface area contributed by atoms with Gasteiger partial charge in [0.15, 0.2) is 5.16 Å². The molecule has 3 rings (SSSR count). The normalized spacial score (nSPS) is 11.5. The Labute approximate surface area is 124 Å². The lowest BCUT2D eigenvalue weighted by atomic mass is 10.2. The minimum absolute atomic E-state index is 0.0406. The van der Waals surface area contributed by atoms with Crippen LogP contribution in [-0.2, 0) is 7.05 Å². The van der Waals surface area contributed by atoms with Crippen LogP contribution >= 0.6 is 23.5 Å². The summed E-state index contributed by atoms with van der Waals surface area (Å²) in [6.07, 6.45) is 2.08. The molecule has 20 heavy (non-hydrogen) atoms. The van der Waals surface area contributed by atoms with Crippen molar-refractivity contribution < 1.29 is 0 Å². The lowest BCUT2D eigenvalue weighted by Crippen LogP contribution is -2.20. The van der Waals surface area contributed by atoms with Crippen molar-refractivity contribution >= 4 is 40.2 Å². The van der Waals surface area contributed by atoms with Gasteiger partial charge in [0.1, 0.15) is 0 Å². The van der Waals surface area contributed by atoms with Crippen LogP contribution in [0.1, 0.15) is 0 Å². The molecule has 0 spiro atoms. The van der Waals surface area contributed by atoms with Crippen molar-refractivity contribution in [3.63, 3.8) is 0 Å². The Bertz CT molecular complexity index is 824. The third-order valence-corrected chi connectivity index (χ3v) is 4.92. The molecule has 5 nitrogen and oxygen atoms in total. The zero-order chi connectivity index (χ0) is 14.1. The molecule has 0 bridgehead atoms. The molecule has 104 valence electrons. The van der Waals surface area contributed by atoms with Crippen molar-refractivity contribution in [3.05, 3.63) is 34.6 Å². The highest BCUT2D eigenvalue weighted by Gasteiger charge is 2.14. The quantitative estimate of drug-likeness (QED) is 0.545. The van der Waals surface area contributed by atoms with Gasteiger partial charge in [-0.15, -0.1) is 10.2 Å². The summed E-state index contributed by atoms with van der Waals surface area (Å²) in [6, 6.07) is 7.58. The zero-order valence-corrected chi connectivity index (χ0v) is 12.9. The van der Waals surface area contributed by atoms with E-state index in [1.54, 1.807) is 35.1 Å². The summed E-state index contributed by atoms with van der Waals surface area (Å²) in [7, 11) is 1.73. The van der Waals surface area contributed by atoms with Crippen molar-refractivity contribution in [1.82, 2.24) is 19.2 Å². The Hall–Kier alpha value is -1.47. The first-order valence-corrected chi connectivity index (χ1v) is 8.56. The number of para-hydroxylation sites is 1. The van der Waals surface area contributed by atoms with Gasteiger partial charge in [-0.1, -0.05) is 23.9 Å². The van der Waals surface area contributed by atoms with Crippen molar-refractivity contribution in [2.75, 3.05) is 17.8 Å². The fourth-order valence-electron chi connectivity index (χ4n) is 2.12. The van der Waals surface area contributed by atoms with Crippen molar-refractivity contribution in [2.45, 2.75) is 5.16 Å². The van der Waals surface area contributed by atoms with Crippen LogP contribution in [0.2, 0.25) is 0 Å². The lowest BCUT2D eigenvalue weighted by molar-refractivity contribution is 0.853. The summed E-state index contributed by atoms with van der Waals surface area (Å²) in [5.41, 5.74) is 0.823. The SMILES string of the molecule is CSCCSc1nnc2n(C)c(=O)c3ccccc3n12. The molecule has 0 aliphatic heterocycles. The molecule has 0 N–H and O–H groups in total. The van der Waals surface area contributed by atoms with E-state index in [1.807, 2.05) is 28.7 Å². The molecule has 0 amide bonds. The highest BCUT2D eigenvalue weighted by molar-refractivity contribution is 8.02. The fourth-order valence-corrected chi connectivity index (χ4v) is 3.71. The minimum atomic E-state index is -0.0406. The predicted octanol–water partition coefficient (Wildman–Crippen LogP) is 2.04. The number of rotatable bonds is 4. The zero-order valence-electron chi connectivity index (χ0n) is 11.2. The molecule has 7 heteroatoms. The molecule has 0 fully saturated rings. The number of fused-ring (bicyclic) bond motifs is 3. The summed E-state index contributed by atoms with van der Waals surface area (Å²) >= 11 is 3.47. The topological polar surface area (TPSA) is 52.2 Å². The van der Waals surface area contributed by atoms with E-state index >= 15 is 0 Å². The Balaban J connectivity index is 2.27. The number of hydrogen-bond acceptors (Lipinski definition) is 5. The van der Waals surface area contributed by atoms with E-state index in [-0.39, 0.29) is 5.56 Å². The summed E-state index contributed by atoms with van der Waals surface area (Å²) in [6.45, 7) is 0. The molecule has 0 saturated heterocycles. The van der Waals surface area contributed by atoms with Crippen LogP contribution < -0.4 is 5.56 Å². The number of nitrogens with zero attached hydrogens (tertiary/aromatic N) is 4. The van der Waals surface area contributed by atoms with Crippen LogP contribution in [0.3, 0.4) is 0 Å².